The average molecular weight is 317 g/mol. The fraction of sp³-hybridized carbons (Fsp3) is 0.562. The summed E-state index contributed by atoms with van der Waals surface area (Å²) in [5.74, 6) is 0.141. The summed E-state index contributed by atoms with van der Waals surface area (Å²) in [5, 5.41) is 14.3. The zero-order valence-electron chi connectivity index (χ0n) is 13.7. The lowest BCUT2D eigenvalue weighted by atomic mass is 9.98. The van der Waals surface area contributed by atoms with Crippen LogP contribution < -0.4 is 5.32 Å². The van der Waals surface area contributed by atoms with Crippen LogP contribution in [-0.2, 0) is 11.8 Å². The van der Waals surface area contributed by atoms with Crippen LogP contribution >= 0.6 is 0 Å². The Morgan fingerprint density at radius 3 is 3.00 bits per heavy atom. The van der Waals surface area contributed by atoms with Gasteiger partial charge in [-0.15, -0.1) is 0 Å². The highest BCUT2D eigenvalue weighted by molar-refractivity contribution is 5.92. The molecule has 1 aliphatic heterocycles. The molecule has 1 saturated heterocycles. The van der Waals surface area contributed by atoms with Crippen molar-refractivity contribution in [3.05, 3.63) is 35.4 Å². The van der Waals surface area contributed by atoms with E-state index < -0.39 is 0 Å². The summed E-state index contributed by atoms with van der Waals surface area (Å²) in [6.45, 7) is 4.82. The van der Waals surface area contributed by atoms with Crippen LogP contribution in [0, 0.1) is 0 Å². The van der Waals surface area contributed by atoms with Gasteiger partial charge < -0.3 is 10.1 Å². The van der Waals surface area contributed by atoms with Crippen molar-refractivity contribution in [3.8, 4) is 0 Å². The maximum absolute atomic E-state index is 12.5. The summed E-state index contributed by atoms with van der Waals surface area (Å²) in [5.41, 5.74) is 2.37. The van der Waals surface area contributed by atoms with Gasteiger partial charge >= 0.3 is 0 Å². The van der Waals surface area contributed by atoms with Crippen molar-refractivity contribution in [3.63, 3.8) is 0 Å². The normalized spacial score (nSPS) is 21.6. The molecule has 2 atom stereocenters. The minimum absolute atomic E-state index is 0.0698. The number of carbonyl (C=O) groups is 1. The van der Waals surface area contributed by atoms with Gasteiger partial charge in [0, 0.05) is 31.1 Å². The SMILES string of the molecule is CC(C)c1cc(C(=O)N[C@H]2CCCO[C@@H]2c2cnn(C)c2)n[nH]1. The number of hydrogen-bond donors (Lipinski definition) is 2. The molecule has 3 rings (SSSR count). The molecular weight excluding hydrogens is 294 g/mol. The molecule has 1 amide bonds. The highest BCUT2D eigenvalue weighted by Gasteiger charge is 2.30. The molecule has 0 bridgehead atoms. The average Bonchev–Trinajstić information content (AvgIpc) is 3.17. The van der Waals surface area contributed by atoms with E-state index in [4.69, 9.17) is 4.74 Å². The number of carbonyl (C=O) groups excluding carboxylic acids is 1. The van der Waals surface area contributed by atoms with Gasteiger partial charge in [0.25, 0.3) is 5.91 Å². The third kappa shape index (κ3) is 3.44. The Hall–Kier alpha value is -2.15. The van der Waals surface area contributed by atoms with Crippen LogP contribution in [-0.4, -0.2) is 38.5 Å². The Labute approximate surface area is 135 Å². The monoisotopic (exact) mass is 317 g/mol. The van der Waals surface area contributed by atoms with Gasteiger partial charge in [0.1, 0.15) is 11.8 Å². The van der Waals surface area contributed by atoms with Crippen LogP contribution in [0.2, 0.25) is 0 Å². The first-order valence-corrected chi connectivity index (χ1v) is 8.01. The summed E-state index contributed by atoms with van der Waals surface area (Å²) < 4.78 is 7.62. The number of aromatic amines is 1. The minimum Gasteiger partial charge on any atom is -0.371 e. The van der Waals surface area contributed by atoms with E-state index in [2.05, 4.69) is 34.5 Å². The number of ether oxygens (including phenoxy) is 1. The van der Waals surface area contributed by atoms with Gasteiger partial charge in [-0.3, -0.25) is 14.6 Å². The van der Waals surface area contributed by atoms with Crippen molar-refractivity contribution in [2.75, 3.05) is 6.61 Å². The standard InChI is InChI=1S/C16H23N5O2/c1-10(2)13-7-14(20-19-13)16(22)18-12-5-4-6-23-15(12)11-8-17-21(3)9-11/h7-10,12,15H,4-6H2,1-3H3,(H,18,22)(H,19,20)/t12-,15+/m0/s1. The van der Waals surface area contributed by atoms with Gasteiger partial charge in [-0.05, 0) is 24.8 Å². The number of aryl methyl sites for hydroxylation is 1. The summed E-state index contributed by atoms with van der Waals surface area (Å²) in [6.07, 6.45) is 5.37. The van der Waals surface area contributed by atoms with Gasteiger partial charge in [0.05, 0.1) is 12.2 Å². The third-order valence-corrected chi connectivity index (χ3v) is 4.14. The van der Waals surface area contributed by atoms with Gasteiger partial charge in [0.2, 0.25) is 0 Å². The summed E-state index contributed by atoms with van der Waals surface area (Å²) in [4.78, 5) is 12.5. The largest absolute Gasteiger partial charge is 0.371 e. The molecule has 2 aromatic rings. The van der Waals surface area contributed by atoms with E-state index in [0.717, 1.165) is 24.1 Å². The molecule has 23 heavy (non-hydrogen) atoms. The fourth-order valence-electron chi connectivity index (χ4n) is 2.84. The van der Waals surface area contributed by atoms with Crippen LogP contribution in [0.4, 0.5) is 0 Å². The Morgan fingerprint density at radius 1 is 1.52 bits per heavy atom. The van der Waals surface area contributed by atoms with E-state index in [0.29, 0.717) is 18.2 Å². The van der Waals surface area contributed by atoms with E-state index in [-0.39, 0.29) is 18.1 Å². The van der Waals surface area contributed by atoms with Gasteiger partial charge in [-0.25, -0.2) is 0 Å². The van der Waals surface area contributed by atoms with Crippen molar-refractivity contribution < 1.29 is 9.53 Å². The Balaban J connectivity index is 1.72. The number of amides is 1. The molecule has 3 heterocycles. The lowest BCUT2D eigenvalue weighted by Crippen LogP contribution is -2.42. The first-order valence-electron chi connectivity index (χ1n) is 8.01. The zero-order valence-corrected chi connectivity index (χ0v) is 13.7. The Morgan fingerprint density at radius 2 is 2.35 bits per heavy atom. The zero-order chi connectivity index (χ0) is 16.4. The molecule has 7 heteroatoms. The molecule has 0 spiro atoms. The second kappa shape index (κ2) is 6.54. The predicted octanol–water partition coefficient (Wildman–Crippen LogP) is 1.92. The molecule has 124 valence electrons. The maximum Gasteiger partial charge on any atom is 0.272 e. The van der Waals surface area contributed by atoms with E-state index in [1.807, 2.05) is 19.3 Å². The van der Waals surface area contributed by atoms with Crippen molar-refractivity contribution in [1.29, 1.82) is 0 Å². The highest BCUT2D eigenvalue weighted by Crippen LogP contribution is 2.28. The first kappa shape index (κ1) is 15.7. The number of rotatable bonds is 4. The van der Waals surface area contributed by atoms with Crippen molar-refractivity contribution >= 4 is 5.91 Å². The van der Waals surface area contributed by atoms with E-state index >= 15 is 0 Å². The number of hydrogen-bond acceptors (Lipinski definition) is 4. The lowest BCUT2D eigenvalue weighted by Gasteiger charge is -2.31. The van der Waals surface area contributed by atoms with Crippen LogP contribution in [0.5, 0.6) is 0 Å². The minimum atomic E-state index is -0.169. The van der Waals surface area contributed by atoms with E-state index in [1.54, 1.807) is 10.9 Å². The van der Waals surface area contributed by atoms with Crippen molar-refractivity contribution in [2.45, 2.75) is 44.8 Å². The molecule has 7 nitrogen and oxygen atoms in total. The van der Waals surface area contributed by atoms with Gasteiger partial charge in [-0.1, -0.05) is 13.8 Å². The number of nitrogens with one attached hydrogen (secondary N) is 2. The number of H-pyrrole nitrogens is 1. The van der Waals surface area contributed by atoms with Crippen LogP contribution in [0.15, 0.2) is 18.5 Å². The molecule has 2 aromatic heterocycles. The summed E-state index contributed by atoms with van der Waals surface area (Å²) in [6, 6.07) is 1.74. The highest BCUT2D eigenvalue weighted by atomic mass is 16.5. The quantitative estimate of drug-likeness (QED) is 0.902. The fourth-order valence-corrected chi connectivity index (χ4v) is 2.84. The molecule has 1 aliphatic rings. The van der Waals surface area contributed by atoms with Gasteiger partial charge in [-0.2, -0.15) is 10.2 Å². The second-order valence-corrected chi connectivity index (χ2v) is 6.32. The summed E-state index contributed by atoms with van der Waals surface area (Å²) in [7, 11) is 1.87. The topological polar surface area (TPSA) is 84.8 Å². The molecule has 0 aliphatic carbocycles. The van der Waals surface area contributed by atoms with Gasteiger partial charge in [0.15, 0.2) is 0 Å². The molecular formula is C16H23N5O2. The van der Waals surface area contributed by atoms with E-state index in [1.165, 1.54) is 0 Å². The third-order valence-electron chi connectivity index (χ3n) is 4.14. The second-order valence-electron chi connectivity index (χ2n) is 6.32. The molecule has 0 radical (unpaired) electrons. The Kier molecular flexibility index (Phi) is 4.47. The van der Waals surface area contributed by atoms with Crippen molar-refractivity contribution in [1.82, 2.24) is 25.3 Å². The Bertz CT molecular complexity index is 676. The molecule has 0 unspecified atom stereocenters. The molecule has 1 fully saturated rings. The predicted molar refractivity (Wildman–Crippen MR) is 85.1 cm³/mol. The lowest BCUT2D eigenvalue weighted by molar-refractivity contribution is -0.00955. The van der Waals surface area contributed by atoms with Crippen LogP contribution in [0.1, 0.15) is 60.5 Å². The number of aromatic nitrogens is 4. The summed E-state index contributed by atoms with van der Waals surface area (Å²) >= 11 is 0. The molecule has 2 N–H and O–H groups in total. The maximum atomic E-state index is 12.5. The van der Waals surface area contributed by atoms with Crippen LogP contribution in [0.25, 0.3) is 0 Å². The van der Waals surface area contributed by atoms with Crippen LogP contribution in [0.3, 0.4) is 0 Å². The number of nitrogens with zero attached hydrogens (tertiary/aromatic N) is 3. The van der Waals surface area contributed by atoms with E-state index in [9.17, 15) is 4.79 Å². The van der Waals surface area contributed by atoms with Crippen molar-refractivity contribution in [2.24, 2.45) is 7.05 Å². The first-order chi connectivity index (χ1) is 11.0. The molecule has 0 aromatic carbocycles. The molecule has 0 saturated carbocycles. The smallest absolute Gasteiger partial charge is 0.272 e.